The Bertz CT molecular complexity index is 800. The first-order chi connectivity index (χ1) is 12.9. The molecule has 2 rings (SSSR count). The third-order valence-corrected chi connectivity index (χ3v) is 4.01. The van der Waals surface area contributed by atoms with Crippen molar-refractivity contribution in [1.29, 1.82) is 0 Å². The molecular weight excluding hydrogens is 348 g/mol. The highest BCUT2D eigenvalue weighted by molar-refractivity contribution is 5.89. The van der Waals surface area contributed by atoms with E-state index in [9.17, 15) is 14.4 Å². The number of urea groups is 1. The molecule has 27 heavy (non-hydrogen) atoms. The van der Waals surface area contributed by atoms with Crippen molar-refractivity contribution < 1.29 is 24.2 Å². The fraction of sp³-hybridized carbons (Fsp3) is 0.250. The van der Waals surface area contributed by atoms with Crippen LogP contribution in [-0.4, -0.2) is 30.2 Å². The molecule has 0 saturated heterocycles. The predicted molar refractivity (Wildman–Crippen MR) is 101 cm³/mol. The Balaban J connectivity index is 1.83. The van der Waals surface area contributed by atoms with Gasteiger partial charge in [-0.25, -0.2) is 9.59 Å². The molecule has 142 valence electrons. The molecule has 0 aliphatic rings. The van der Waals surface area contributed by atoms with Gasteiger partial charge in [-0.05, 0) is 41.8 Å². The van der Waals surface area contributed by atoms with E-state index in [0.29, 0.717) is 12.1 Å². The van der Waals surface area contributed by atoms with Gasteiger partial charge >= 0.3 is 18.0 Å². The summed E-state index contributed by atoms with van der Waals surface area (Å²) in [5.74, 6) is -1.48. The van der Waals surface area contributed by atoms with Crippen LogP contribution in [0.25, 0.3) is 0 Å². The van der Waals surface area contributed by atoms with Crippen molar-refractivity contribution in [2.75, 3.05) is 12.4 Å². The number of esters is 1. The first-order valence-corrected chi connectivity index (χ1v) is 8.43. The summed E-state index contributed by atoms with van der Waals surface area (Å²) in [4.78, 5) is 34.2. The van der Waals surface area contributed by atoms with Gasteiger partial charge in [-0.2, -0.15) is 0 Å². The number of carbonyl (C=O) groups excluding carboxylic acids is 2. The van der Waals surface area contributed by atoms with Crippen LogP contribution < -0.4 is 10.6 Å². The summed E-state index contributed by atoms with van der Waals surface area (Å²) in [6.45, 7) is 2.08. The van der Waals surface area contributed by atoms with Crippen LogP contribution in [0.1, 0.15) is 28.4 Å². The average molecular weight is 370 g/mol. The van der Waals surface area contributed by atoms with Crippen molar-refractivity contribution in [3.05, 3.63) is 65.2 Å². The van der Waals surface area contributed by atoms with Crippen molar-refractivity contribution in [2.45, 2.75) is 19.9 Å². The van der Waals surface area contributed by atoms with E-state index in [4.69, 9.17) is 9.84 Å². The minimum absolute atomic E-state index is 0.199. The zero-order chi connectivity index (χ0) is 19.8. The Kier molecular flexibility index (Phi) is 6.93. The van der Waals surface area contributed by atoms with Gasteiger partial charge < -0.3 is 20.5 Å². The van der Waals surface area contributed by atoms with Crippen molar-refractivity contribution >= 4 is 23.7 Å². The van der Waals surface area contributed by atoms with Crippen LogP contribution in [0.4, 0.5) is 10.5 Å². The van der Waals surface area contributed by atoms with Crippen LogP contribution in [0.5, 0.6) is 0 Å². The van der Waals surface area contributed by atoms with Gasteiger partial charge in [0.25, 0.3) is 0 Å². The van der Waals surface area contributed by atoms with Crippen LogP contribution in [0.3, 0.4) is 0 Å². The van der Waals surface area contributed by atoms with E-state index in [1.807, 2.05) is 12.1 Å². The number of carbonyl (C=O) groups is 3. The van der Waals surface area contributed by atoms with E-state index < -0.39 is 5.97 Å². The molecule has 0 aliphatic heterocycles. The zero-order valence-electron chi connectivity index (χ0n) is 15.2. The molecule has 2 aromatic rings. The Labute approximate surface area is 157 Å². The molecular formula is C20H22N2O5. The van der Waals surface area contributed by atoms with Gasteiger partial charge in [-0.3, -0.25) is 4.79 Å². The normalized spacial score (nSPS) is 11.3. The maximum atomic E-state index is 12.0. The summed E-state index contributed by atoms with van der Waals surface area (Å²) in [7, 11) is 1.37. The van der Waals surface area contributed by atoms with Crippen LogP contribution >= 0.6 is 0 Å². The van der Waals surface area contributed by atoms with E-state index in [-0.39, 0.29) is 30.0 Å². The number of hydrogen-bond donors (Lipinski definition) is 3. The van der Waals surface area contributed by atoms with E-state index >= 15 is 0 Å². The molecule has 0 heterocycles. The molecule has 7 heteroatoms. The molecule has 0 radical (unpaired) electrons. The van der Waals surface area contributed by atoms with Crippen molar-refractivity contribution in [2.24, 2.45) is 5.92 Å². The van der Waals surface area contributed by atoms with Crippen LogP contribution in [-0.2, 0) is 22.5 Å². The molecule has 0 saturated carbocycles. The standard InChI is InChI=1S/C20H22N2O5/c1-13(19(25)27-2)11-14-5-9-17(10-6-14)22-20(26)21-12-15-3-7-16(8-4-15)18(23)24/h3-10,13H,11-12H2,1-2H3,(H,23,24)(H2,21,22,26). The summed E-state index contributed by atoms with van der Waals surface area (Å²) in [5, 5.41) is 14.3. The summed E-state index contributed by atoms with van der Waals surface area (Å²) in [5.41, 5.74) is 2.59. The van der Waals surface area contributed by atoms with Gasteiger partial charge in [0, 0.05) is 12.2 Å². The quantitative estimate of drug-likeness (QED) is 0.650. The van der Waals surface area contributed by atoms with Gasteiger partial charge in [0.15, 0.2) is 0 Å². The topological polar surface area (TPSA) is 105 Å². The Morgan fingerprint density at radius 2 is 1.59 bits per heavy atom. The molecule has 2 aromatic carbocycles. The Morgan fingerprint density at radius 1 is 1.00 bits per heavy atom. The van der Waals surface area contributed by atoms with E-state index in [2.05, 4.69) is 10.6 Å². The second-order valence-corrected chi connectivity index (χ2v) is 6.14. The largest absolute Gasteiger partial charge is 0.478 e. The van der Waals surface area contributed by atoms with E-state index in [1.165, 1.54) is 19.2 Å². The number of methoxy groups -OCH3 is 1. The first kappa shape index (κ1) is 20.0. The van der Waals surface area contributed by atoms with E-state index in [1.54, 1.807) is 31.2 Å². The number of rotatable bonds is 7. The maximum Gasteiger partial charge on any atom is 0.335 e. The summed E-state index contributed by atoms with van der Waals surface area (Å²) in [6, 6.07) is 13.1. The molecule has 1 unspecified atom stereocenters. The van der Waals surface area contributed by atoms with Crippen LogP contribution in [0.15, 0.2) is 48.5 Å². The number of hydrogen-bond acceptors (Lipinski definition) is 4. The molecule has 1 atom stereocenters. The summed E-state index contributed by atoms with van der Waals surface area (Å²) < 4.78 is 4.71. The third kappa shape index (κ3) is 6.14. The predicted octanol–water partition coefficient (Wildman–Crippen LogP) is 3.06. The van der Waals surface area contributed by atoms with E-state index in [0.717, 1.165) is 11.1 Å². The third-order valence-electron chi connectivity index (χ3n) is 4.01. The average Bonchev–Trinajstić information content (AvgIpc) is 2.67. The lowest BCUT2D eigenvalue weighted by Gasteiger charge is -2.11. The number of carboxylic acids is 1. The molecule has 0 aliphatic carbocycles. The highest BCUT2D eigenvalue weighted by Gasteiger charge is 2.13. The minimum Gasteiger partial charge on any atom is -0.478 e. The maximum absolute atomic E-state index is 12.0. The molecule has 0 bridgehead atoms. The van der Waals surface area contributed by atoms with Gasteiger partial charge in [-0.1, -0.05) is 31.2 Å². The fourth-order valence-electron chi connectivity index (χ4n) is 2.49. The molecule has 0 spiro atoms. The fourth-order valence-corrected chi connectivity index (χ4v) is 2.49. The smallest absolute Gasteiger partial charge is 0.335 e. The van der Waals surface area contributed by atoms with Crippen molar-refractivity contribution in [1.82, 2.24) is 5.32 Å². The number of nitrogens with one attached hydrogen (secondary N) is 2. The molecule has 0 fully saturated rings. The first-order valence-electron chi connectivity index (χ1n) is 8.43. The second kappa shape index (κ2) is 9.38. The Morgan fingerprint density at radius 3 is 2.15 bits per heavy atom. The van der Waals surface area contributed by atoms with Gasteiger partial charge in [-0.15, -0.1) is 0 Å². The highest BCUT2D eigenvalue weighted by atomic mass is 16.5. The number of ether oxygens (including phenoxy) is 1. The summed E-state index contributed by atoms with van der Waals surface area (Å²) in [6.07, 6.45) is 0.561. The monoisotopic (exact) mass is 370 g/mol. The van der Waals surface area contributed by atoms with Crippen LogP contribution in [0, 0.1) is 5.92 Å². The Hall–Kier alpha value is -3.35. The lowest BCUT2D eigenvalue weighted by molar-refractivity contribution is -0.144. The SMILES string of the molecule is COC(=O)C(C)Cc1ccc(NC(=O)NCc2ccc(C(=O)O)cc2)cc1. The summed E-state index contributed by atoms with van der Waals surface area (Å²) >= 11 is 0. The number of aromatic carboxylic acids is 1. The number of carboxylic acid groups (broad SMARTS) is 1. The van der Waals surface area contributed by atoms with Gasteiger partial charge in [0.1, 0.15) is 0 Å². The second-order valence-electron chi connectivity index (χ2n) is 6.14. The van der Waals surface area contributed by atoms with Gasteiger partial charge in [0.05, 0.1) is 18.6 Å². The molecule has 2 amide bonds. The van der Waals surface area contributed by atoms with Crippen LogP contribution in [0.2, 0.25) is 0 Å². The molecule has 7 nitrogen and oxygen atoms in total. The lowest BCUT2D eigenvalue weighted by Crippen LogP contribution is -2.28. The number of benzene rings is 2. The zero-order valence-corrected chi connectivity index (χ0v) is 15.2. The number of amides is 2. The van der Waals surface area contributed by atoms with Crippen molar-refractivity contribution in [3.63, 3.8) is 0 Å². The lowest BCUT2D eigenvalue weighted by atomic mass is 10.0. The minimum atomic E-state index is -0.989. The van der Waals surface area contributed by atoms with Crippen molar-refractivity contribution in [3.8, 4) is 0 Å². The highest BCUT2D eigenvalue weighted by Crippen LogP contribution is 2.14. The van der Waals surface area contributed by atoms with Gasteiger partial charge in [0.2, 0.25) is 0 Å². The number of anilines is 1. The molecule has 3 N–H and O–H groups in total. The molecule has 0 aromatic heterocycles.